The van der Waals surface area contributed by atoms with E-state index < -0.39 is 5.97 Å². The molecule has 1 aromatic rings. The maximum absolute atomic E-state index is 12.2. The van der Waals surface area contributed by atoms with Crippen LogP contribution >= 0.6 is 11.6 Å². The van der Waals surface area contributed by atoms with Gasteiger partial charge >= 0.3 is 5.97 Å². The zero-order chi connectivity index (χ0) is 16.1. The number of piperidine rings is 1. The van der Waals surface area contributed by atoms with Crippen LogP contribution < -0.4 is 0 Å². The van der Waals surface area contributed by atoms with Gasteiger partial charge in [0, 0.05) is 17.6 Å². The van der Waals surface area contributed by atoms with Gasteiger partial charge in [0.2, 0.25) is 0 Å². The van der Waals surface area contributed by atoms with E-state index in [2.05, 4.69) is 0 Å². The minimum Gasteiger partial charge on any atom is -0.507 e. The quantitative estimate of drug-likeness (QED) is 0.864. The Kier molecular flexibility index (Phi) is 5.66. The summed E-state index contributed by atoms with van der Waals surface area (Å²) in [5, 5.41) is 9.96. The van der Waals surface area contributed by atoms with Gasteiger partial charge in [-0.3, -0.25) is 4.79 Å². The topological polar surface area (TPSA) is 66.8 Å². The Balaban J connectivity index is 1.95. The lowest BCUT2D eigenvalue weighted by molar-refractivity contribution is -0.138. The van der Waals surface area contributed by atoms with Crippen LogP contribution in [0.25, 0.3) is 0 Å². The molecule has 0 bridgehead atoms. The van der Waals surface area contributed by atoms with Gasteiger partial charge in [-0.2, -0.15) is 0 Å². The Morgan fingerprint density at radius 2 is 2.18 bits per heavy atom. The smallest absolute Gasteiger partial charge is 0.342 e. The van der Waals surface area contributed by atoms with Crippen molar-refractivity contribution >= 4 is 23.5 Å². The number of likely N-dealkylation sites (tertiary alicyclic amines) is 1. The van der Waals surface area contributed by atoms with Crippen LogP contribution in [0.3, 0.4) is 0 Å². The molecule has 1 aromatic carbocycles. The van der Waals surface area contributed by atoms with Crippen molar-refractivity contribution < 1.29 is 19.4 Å². The molecule has 1 aliphatic heterocycles. The zero-order valence-electron chi connectivity index (χ0n) is 12.5. The van der Waals surface area contributed by atoms with Crippen molar-refractivity contribution in [2.45, 2.75) is 38.6 Å². The summed E-state index contributed by atoms with van der Waals surface area (Å²) in [7, 11) is 0. The fourth-order valence-electron chi connectivity index (χ4n) is 2.71. The van der Waals surface area contributed by atoms with E-state index in [1.807, 2.05) is 6.92 Å². The molecule has 22 heavy (non-hydrogen) atoms. The summed E-state index contributed by atoms with van der Waals surface area (Å²) in [6.07, 6.45) is 3.99. The van der Waals surface area contributed by atoms with Gasteiger partial charge in [0.25, 0.3) is 5.91 Å². The lowest BCUT2D eigenvalue weighted by Crippen LogP contribution is -2.45. The largest absolute Gasteiger partial charge is 0.507 e. The number of phenolic OH excluding ortho intramolecular Hbond substituents is 1. The van der Waals surface area contributed by atoms with Crippen molar-refractivity contribution in [3.8, 4) is 5.75 Å². The summed E-state index contributed by atoms with van der Waals surface area (Å²) >= 11 is 5.79. The van der Waals surface area contributed by atoms with Crippen molar-refractivity contribution in [2.24, 2.45) is 0 Å². The first-order valence-corrected chi connectivity index (χ1v) is 7.85. The first kappa shape index (κ1) is 16.6. The SMILES string of the molecule is CC[C@@H]1CCCCN1C(=O)COC(=O)c1cc(Cl)ccc1O. The Bertz CT molecular complexity index is 561. The van der Waals surface area contributed by atoms with Crippen LogP contribution in [-0.4, -0.2) is 41.1 Å². The first-order valence-electron chi connectivity index (χ1n) is 7.48. The Morgan fingerprint density at radius 1 is 1.41 bits per heavy atom. The lowest BCUT2D eigenvalue weighted by atomic mass is 10.00. The molecule has 1 N–H and O–H groups in total. The maximum atomic E-state index is 12.2. The fraction of sp³-hybridized carbons (Fsp3) is 0.500. The van der Waals surface area contributed by atoms with E-state index in [0.29, 0.717) is 11.6 Å². The number of nitrogens with zero attached hydrogens (tertiary/aromatic N) is 1. The summed E-state index contributed by atoms with van der Waals surface area (Å²) in [5.41, 5.74) is -0.0361. The summed E-state index contributed by atoms with van der Waals surface area (Å²) in [6, 6.07) is 4.33. The first-order chi connectivity index (χ1) is 10.5. The number of ether oxygens (including phenoxy) is 1. The number of carbonyl (C=O) groups excluding carboxylic acids is 2. The highest BCUT2D eigenvalue weighted by Gasteiger charge is 2.26. The fourth-order valence-corrected chi connectivity index (χ4v) is 2.89. The Hall–Kier alpha value is -1.75. The van der Waals surface area contributed by atoms with Crippen molar-refractivity contribution in [3.63, 3.8) is 0 Å². The second-order valence-electron chi connectivity index (χ2n) is 5.38. The third-order valence-corrected chi connectivity index (χ3v) is 4.16. The summed E-state index contributed by atoms with van der Waals surface area (Å²) in [4.78, 5) is 25.9. The van der Waals surface area contributed by atoms with Crippen molar-refractivity contribution in [2.75, 3.05) is 13.2 Å². The molecule has 1 fully saturated rings. The van der Waals surface area contributed by atoms with Crippen LogP contribution in [0.2, 0.25) is 5.02 Å². The second kappa shape index (κ2) is 7.49. The van der Waals surface area contributed by atoms with Gasteiger partial charge in [-0.05, 0) is 43.9 Å². The Labute approximate surface area is 134 Å². The standard InChI is InChI=1S/C16H20ClNO4/c1-2-12-5-3-4-8-18(12)15(20)10-22-16(21)13-9-11(17)6-7-14(13)19/h6-7,9,12,19H,2-5,8,10H2,1H3/t12-/m1/s1. The normalized spacial score (nSPS) is 18.1. The number of esters is 1. The monoisotopic (exact) mass is 325 g/mol. The van der Waals surface area contributed by atoms with Crippen LogP contribution in [0, 0.1) is 0 Å². The Morgan fingerprint density at radius 3 is 2.91 bits per heavy atom. The molecular formula is C16H20ClNO4. The molecule has 0 aromatic heterocycles. The van der Waals surface area contributed by atoms with Crippen molar-refractivity contribution in [3.05, 3.63) is 28.8 Å². The second-order valence-corrected chi connectivity index (χ2v) is 5.82. The van der Waals surface area contributed by atoms with E-state index >= 15 is 0 Å². The van der Waals surface area contributed by atoms with Crippen LogP contribution in [-0.2, 0) is 9.53 Å². The third kappa shape index (κ3) is 3.91. The third-order valence-electron chi connectivity index (χ3n) is 3.92. The average molecular weight is 326 g/mol. The number of carbonyl (C=O) groups is 2. The zero-order valence-corrected chi connectivity index (χ0v) is 13.3. The predicted molar refractivity (Wildman–Crippen MR) is 83.0 cm³/mol. The number of amides is 1. The van der Waals surface area contributed by atoms with E-state index in [0.717, 1.165) is 25.7 Å². The van der Waals surface area contributed by atoms with E-state index in [9.17, 15) is 14.7 Å². The number of hydrogen-bond acceptors (Lipinski definition) is 4. The summed E-state index contributed by atoms with van der Waals surface area (Å²) < 4.78 is 5.02. The molecular weight excluding hydrogens is 306 g/mol. The van der Waals surface area contributed by atoms with Gasteiger partial charge in [-0.15, -0.1) is 0 Å². The molecule has 1 aliphatic rings. The van der Waals surface area contributed by atoms with Crippen LogP contribution in [0.1, 0.15) is 43.0 Å². The number of benzene rings is 1. The van der Waals surface area contributed by atoms with Crippen LogP contribution in [0.4, 0.5) is 0 Å². The molecule has 1 atom stereocenters. The van der Waals surface area contributed by atoms with Gasteiger partial charge in [-0.1, -0.05) is 18.5 Å². The molecule has 1 amide bonds. The molecule has 0 unspecified atom stereocenters. The van der Waals surface area contributed by atoms with Gasteiger partial charge in [-0.25, -0.2) is 4.79 Å². The predicted octanol–water partition coefficient (Wildman–Crippen LogP) is 2.99. The number of hydrogen-bond donors (Lipinski definition) is 1. The average Bonchev–Trinajstić information content (AvgIpc) is 2.54. The van der Waals surface area contributed by atoms with Crippen molar-refractivity contribution in [1.29, 1.82) is 0 Å². The van der Waals surface area contributed by atoms with Crippen molar-refractivity contribution in [1.82, 2.24) is 4.90 Å². The summed E-state index contributed by atoms with van der Waals surface area (Å²) in [5.74, 6) is -1.16. The number of aromatic hydroxyl groups is 1. The molecule has 6 heteroatoms. The van der Waals surface area contributed by atoms with E-state index in [-0.39, 0.29) is 29.9 Å². The van der Waals surface area contributed by atoms with Gasteiger partial charge in [0.05, 0.1) is 0 Å². The molecule has 0 radical (unpaired) electrons. The highest BCUT2D eigenvalue weighted by atomic mass is 35.5. The molecule has 1 saturated heterocycles. The minimum atomic E-state index is -0.751. The lowest BCUT2D eigenvalue weighted by Gasteiger charge is -2.35. The molecule has 1 heterocycles. The molecule has 0 aliphatic carbocycles. The molecule has 0 spiro atoms. The number of halogens is 1. The van der Waals surface area contributed by atoms with Gasteiger partial charge in [0.1, 0.15) is 11.3 Å². The van der Waals surface area contributed by atoms with E-state index in [1.54, 1.807) is 4.90 Å². The molecule has 120 valence electrons. The highest BCUT2D eigenvalue weighted by molar-refractivity contribution is 6.31. The van der Waals surface area contributed by atoms with Crippen LogP contribution in [0.15, 0.2) is 18.2 Å². The minimum absolute atomic E-state index is 0.0361. The van der Waals surface area contributed by atoms with Gasteiger partial charge in [0.15, 0.2) is 6.61 Å². The number of phenols is 1. The maximum Gasteiger partial charge on any atom is 0.342 e. The highest BCUT2D eigenvalue weighted by Crippen LogP contribution is 2.23. The van der Waals surface area contributed by atoms with E-state index in [4.69, 9.17) is 16.3 Å². The molecule has 2 rings (SSSR count). The molecule has 0 saturated carbocycles. The molecule has 5 nitrogen and oxygen atoms in total. The van der Waals surface area contributed by atoms with E-state index in [1.165, 1.54) is 18.2 Å². The van der Waals surface area contributed by atoms with Crippen LogP contribution in [0.5, 0.6) is 5.75 Å². The number of rotatable bonds is 4. The van der Waals surface area contributed by atoms with Gasteiger partial charge < -0.3 is 14.7 Å². The summed E-state index contributed by atoms with van der Waals surface area (Å²) in [6.45, 7) is 2.44.